The zero-order valence-electron chi connectivity index (χ0n) is 13.5. The number of amides is 1. The van der Waals surface area contributed by atoms with Crippen molar-refractivity contribution in [1.29, 1.82) is 0 Å². The van der Waals surface area contributed by atoms with E-state index in [0.717, 1.165) is 44.5 Å². The van der Waals surface area contributed by atoms with E-state index in [-0.39, 0.29) is 5.91 Å². The number of benzene rings is 1. The molecule has 0 atom stereocenters. The molecule has 1 N–H and O–H groups in total. The lowest BCUT2D eigenvalue weighted by Gasteiger charge is -2.07. The summed E-state index contributed by atoms with van der Waals surface area (Å²) in [6.45, 7) is 2.31. The first-order valence-electron chi connectivity index (χ1n) is 8.25. The molecule has 0 bridgehead atoms. The molecule has 0 aliphatic heterocycles. The average Bonchev–Trinajstić information content (AvgIpc) is 3.09. The maximum absolute atomic E-state index is 11.7. The van der Waals surface area contributed by atoms with E-state index in [2.05, 4.69) is 14.9 Å². The zero-order chi connectivity index (χ0) is 16.2. The summed E-state index contributed by atoms with van der Waals surface area (Å²) in [5.41, 5.74) is 0. The van der Waals surface area contributed by atoms with Crippen molar-refractivity contribution in [3.05, 3.63) is 49.1 Å². The lowest BCUT2D eigenvalue weighted by Crippen LogP contribution is -2.24. The number of hydrogen-bond acceptors (Lipinski definition) is 3. The fourth-order valence-corrected chi connectivity index (χ4v) is 2.27. The van der Waals surface area contributed by atoms with Gasteiger partial charge in [-0.1, -0.05) is 18.2 Å². The summed E-state index contributed by atoms with van der Waals surface area (Å²) >= 11 is 0. The molecule has 5 heteroatoms. The first-order valence-corrected chi connectivity index (χ1v) is 8.25. The van der Waals surface area contributed by atoms with Crippen LogP contribution in [-0.2, 0) is 11.3 Å². The predicted molar refractivity (Wildman–Crippen MR) is 90.3 cm³/mol. The van der Waals surface area contributed by atoms with Crippen LogP contribution in [0.1, 0.15) is 32.1 Å². The summed E-state index contributed by atoms with van der Waals surface area (Å²) in [7, 11) is 0. The van der Waals surface area contributed by atoms with Crippen LogP contribution in [-0.4, -0.2) is 28.6 Å². The Hall–Kier alpha value is -2.30. The van der Waals surface area contributed by atoms with Crippen LogP contribution in [0.5, 0.6) is 5.75 Å². The van der Waals surface area contributed by atoms with Gasteiger partial charge in [0.25, 0.3) is 0 Å². The van der Waals surface area contributed by atoms with Gasteiger partial charge in [0.1, 0.15) is 5.75 Å². The molecule has 2 rings (SSSR count). The van der Waals surface area contributed by atoms with Crippen molar-refractivity contribution >= 4 is 5.91 Å². The van der Waals surface area contributed by atoms with Crippen molar-refractivity contribution in [2.45, 2.75) is 38.6 Å². The van der Waals surface area contributed by atoms with Crippen molar-refractivity contribution in [3.8, 4) is 5.75 Å². The Balaban J connectivity index is 1.41. The summed E-state index contributed by atoms with van der Waals surface area (Å²) in [5, 5.41) is 2.96. The van der Waals surface area contributed by atoms with E-state index in [1.54, 1.807) is 6.20 Å². The highest BCUT2D eigenvalue weighted by molar-refractivity contribution is 5.75. The second kappa shape index (κ2) is 10.4. The molecule has 0 aliphatic rings. The molecule has 5 nitrogen and oxygen atoms in total. The lowest BCUT2D eigenvalue weighted by molar-refractivity contribution is -0.121. The molecule has 1 amide bonds. The fraction of sp³-hybridized carbons (Fsp3) is 0.444. The third kappa shape index (κ3) is 7.49. The van der Waals surface area contributed by atoms with Gasteiger partial charge in [-0.05, 0) is 37.8 Å². The smallest absolute Gasteiger partial charge is 0.220 e. The molecule has 0 unspecified atom stereocenters. The number of aryl methyl sites for hydroxylation is 1. The minimum Gasteiger partial charge on any atom is -0.494 e. The van der Waals surface area contributed by atoms with Crippen molar-refractivity contribution < 1.29 is 9.53 Å². The van der Waals surface area contributed by atoms with Gasteiger partial charge in [0.05, 0.1) is 12.9 Å². The third-order valence-corrected chi connectivity index (χ3v) is 3.53. The van der Waals surface area contributed by atoms with E-state index in [0.29, 0.717) is 13.0 Å². The summed E-state index contributed by atoms with van der Waals surface area (Å²) in [6.07, 6.45) is 10.1. The van der Waals surface area contributed by atoms with Gasteiger partial charge in [0, 0.05) is 31.9 Å². The topological polar surface area (TPSA) is 56.1 Å². The first-order chi connectivity index (χ1) is 11.3. The SMILES string of the molecule is O=C(CCCOc1ccccc1)NCCCCCn1ccnc1. The van der Waals surface area contributed by atoms with Crippen molar-refractivity contribution in [2.75, 3.05) is 13.2 Å². The number of carbonyl (C=O) groups is 1. The van der Waals surface area contributed by atoms with E-state index in [1.807, 2.05) is 42.9 Å². The maximum Gasteiger partial charge on any atom is 0.220 e. The van der Waals surface area contributed by atoms with Crippen LogP contribution in [0.3, 0.4) is 0 Å². The quantitative estimate of drug-likeness (QED) is 0.649. The number of carbonyl (C=O) groups excluding carboxylic acids is 1. The lowest BCUT2D eigenvalue weighted by atomic mass is 10.2. The van der Waals surface area contributed by atoms with Crippen LogP contribution in [0, 0.1) is 0 Å². The minimum atomic E-state index is 0.108. The van der Waals surface area contributed by atoms with Gasteiger partial charge < -0.3 is 14.6 Å². The fourth-order valence-electron chi connectivity index (χ4n) is 2.27. The number of nitrogens with one attached hydrogen (secondary N) is 1. The van der Waals surface area contributed by atoms with Crippen LogP contribution in [0.4, 0.5) is 0 Å². The number of hydrogen-bond donors (Lipinski definition) is 1. The van der Waals surface area contributed by atoms with Crippen molar-refractivity contribution in [1.82, 2.24) is 14.9 Å². The highest BCUT2D eigenvalue weighted by atomic mass is 16.5. The maximum atomic E-state index is 11.7. The Morgan fingerprint density at radius 1 is 1.13 bits per heavy atom. The molecule has 124 valence electrons. The number of ether oxygens (including phenoxy) is 1. The molecule has 0 saturated heterocycles. The van der Waals surface area contributed by atoms with Crippen LogP contribution >= 0.6 is 0 Å². The van der Waals surface area contributed by atoms with Crippen LogP contribution in [0.25, 0.3) is 0 Å². The molecule has 0 radical (unpaired) electrons. The summed E-state index contributed by atoms with van der Waals surface area (Å²) in [6, 6.07) is 9.67. The van der Waals surface area contributed by atoms with E-state index >= 15 is 0 Å². The van der Waals surface area contributed by atoms with E-state index < -0.39 is 0 Å². The molecule has 0 spiro atoms. The number of aromatic nitrogens is 2. The summed E-state index contributed by atoms with van der Waals surface area (Å²) < 4.78 is 7.64. The number of nitrogens with zero attached hydrogens (tertiary/aromatic N) is 2. The van der Waals surface area contributed by atoms with Crippen molar-refractivity contribution in [2.24, 2.45) is 0 Å². The Labute approximate surface area is 137 Å². The number of rotatable bonds is 11. The minimum absolute atomic E-state index is 0.108. The third-order valence-electron chi connectivity index (χ3n) is 3.53. The Morgan fingerprint density at radius 3 is 2.78 bits per heavy atom. The monoisotopic (exact) mass is 315 g/mol. The zero-order valence-corrected chi connectivity index (χ0v) is 13.5. The van der Waals surface area contributed by atoms with Gasteiger partial charge in [-0.3, -0.25) is 4.79 Å². The Kier molecular flexibility index (Phi) is 7.74. The second-order valence-electron chi connectivity index (χ2n) is 5.48. The standard InChI is InChI=1S/C18H25N3O2/c22-18(10-7-15-23-17-8-3-1-4-9-17)20-11-5-2-6-13-21-14-12-19-16-21/h1,3-4,8-9,12,14,16H,2,5-7,10-11,13,15H2,(H,20,22). The predicted octanol–water partition coefficient (Wildman–Crippen LogP) is 3.03. The van der Waals surface area contributed by atoms with Gasteiger partial charge in [-0.25, -0.2) is 4.98 Å². The van der Waals surface area contributed by atoms with E-state index in [4.69, 9.17) is 4.74 Å². The normalized spacial score (nSPS) is 10.4. The van der Waals surface area contributed by atoms with Gasteiger partial charge in [0.2, 0.25) is 5.91 Å². The molecule has 1 aromatic carbocycles. The van der Waals surface area contributed by atoms with Gasteiger partial charge in [-0.15, -0.1) is 0 Å². The first kappa shape index (κ1) is 17.1. The highest BCUT2D eigenvalue weighted by Gasteiger charge is 2.01. The number of unbranched alkanes of at least 4 members (excludes halogenated alkanes) is 2. The van der Waals surface area contributed by atoms with Crippen LogP contribution in [0.15, 0.2) is 49.1 Å². The van der Waals surface area contributed by atoms with Crippen molar-refractivity contribution in [3.63, 3.8) is 0 Å². The molecular formula is C18H25N3O2. The van der Waals surface area contributed by atoms with Gasteiger partial charge in [-0.2, -0.15) is 0 Å². The largest absolute Gasteiger partial charge is 0.494 e. The summed E-state index contributed by atoms with van der Waals surface area (Å²) in [4.78, 5) is 15.7. The molecule has 0 aliphatic carbocycles. The molecule has 23 heavy (non-hydrogen) atoms. The molecule has 2 aromatic rings. The molecule has 0 saturated carbocycles. The highest BCUT2D eigenvalue weighted by Crippen LogP contribution is 2.08. The van der Waals surface area contributed by atoms with Gasteiger partial charge >= 0.3 is 0 Å². The van der Waals surface area contributed by atoms with E-state index in [1.165, 1.54) is 0 Å². The Morgan fingerprint density at radius 2 is 2.00 bits per heavy atom. The molecule has 1 heterocycles. The van der Waals surface area contributed by atoms with E-state index in [9.17, 15) is 4.79 Å². The van der Waals surface area contributed by atoms with Crippen LogP contribution in [0.2, 0.25) is 0 Å². The van der Waals surface area contributed by atoms with Crippen LogP contribution < -0.4 is 10.1 Å². The Bertz CT molecular complexity index is 541. The van der Waals surface area contributed by atoms with Gasteiger partial charge in [0.15, 0.2) is 0 Å². The molecule has 1 aromatic heterocycles. The molecule has 0 fully saturated rings. The molecular weight excluding hydrogens is 290 g/mol. The number of para-hydroxylation sites is 1. The second-order valence-corrected chi connectivity index (χ2v) is 5.48. The summed E-state index contributed by atoms with van der Waals surface area (Å²) in [5.74, 6) is 0.960. The number of imidazole rings is 1. The average molecular weight is 315 g/mol.